The molecule has 0 radical (unpaired) electrons. The molecule has 0 bridgehead atoms. The van der Waals surface area contributed by atoms with Gasteiger partial charge < -0.3 is 10.8 Å². The minimum atomic E-state index is -0.759. The summed E-state index contributed by atoms with van der Waals surface area (Å²) in [6.07, 6.45) is 0.319. The molecule has 0 aliphatic heterocycles. The molecule has 0 aliphatic carbocycles. The average molecular weight is 216 g/mol. The highest BCUT2D eigenvalue weighted by Gasteiger charge is 2.23. The van der Waals surface area contributed by atoms with E-state index in [4.69, 9.17) is 11.0 Å². The van der Waals surface area contributed by atoms with Crippen molar-refractivity contribution in [1.29, 1.82) is 5.26 Å². The molecule has 0 spiro atoms. The van der Waals surface area contributed by atoms with Gasteiger partial charge in [-0.3, -0.25) is 0 Å². The minimum Gasteiger partial charge on any atom is -0.392 e. The van der Waals surface area contributed by atoms with Gasteiger partial charge in [0.05, 0.1) is 12.2 Å². The van der Waals surface area contributed by atoms with E-state index in [1.165, 1.54) is 0 Å². The molecule has 14 heavy (non-hydrogen) atoms. The van der Waals surface area contributed by atoms with Crippen molar-refractivity contribution >= 4 is 11.8 Å². The summed E-state index contributed by atoms with van der Waals surface area (Å²) in [6.45, 7) is 7.52. The summed E-state index contributed by atoms with van der Waals surface area (Å²) in [5.74, 6) is 0. The highest BCUT2D eigenvalue weighted by Crippen LogP contribution is 2.25. The molecule has 82 valence electrons. The molecule has 3 nitrogen and oxygen atoms in total. The third kappa shape index (κ3) is 5.48. The summed E-state index contributed by atoms with van der Waals surface area (Å²) >= 11 is 1.67. The Kier molecular flexibility index (Phi) is 5.50. The first-order valence-corrected chi connectivity index (χ1v) is 5.76. The quantitative estimate of drug-likeness (QED) is 0.731. The smallest absolute Gasteiger partial charge is 0.102 e. The van der Waals surface area contributed by atoms with Crippen LogP contribution in [-0.2, 0) is 0 Å². The molecule has 4 unspecified atom stereocenters. The monoisotopic (exact) mass is 216 g/mol. The molecule has 0 aromatic heterocycles. The molecule has 0 amide bonds. The zero-order chi connectivity index (χ0) is 11.4. The van der Waals surface area contributed by atoms with Crippen LogP contribution in [0.2, 0.25) is 0 Å². The summed E-state index contributed by atoms with van der Waals surface area (Å²) in [5.41, 5.74) is 4.97. The van der Waals surface area contributed by atoms with Crippen LogP contribution in [0.3, 0.4) is 0 Å². The minimum absolute atomic E-state index is 0.180. The summed E-state index contributed by atoms with van der Waals surface area (Å²) in [6, 6.07) is 2.08. The Balaban J connectivity index is 4.00. The Labute approximate surface area is 90.7 Å². The van der Waals surface area contributed by atoms with Crippen LogP contribution in [0, 0.1) is 11.3 Å². The number of aliphatic hydroxyl groups excluding tert-OH is 1. The third-order valence-corrected chi connectivity index (χ3v) is 3.55. The maximum Gasteiger partial charge on any atom is 0.102 e. The fourth-order valence-electron chi connectivity index (χ4n) is 1.17. The lowest BCUT2D eigenvalue weighted by Crippen LogP contribution is -2.37. The molecular weight excluding hydrogens is 196 g/mol. The van der Waals surface area contributed by atoms with E-state index in [9.17, 15) is 5.11 Å². The molecule has 0 heterocycles. The van der Waals surface area contributed by atoms with Gasteiger partial charge in [-0.25, -0.2) is 0 Å². The number of hydrogen-bond donors (Lipinski definition) is 2. The van der Waals surface area contributed by atoms with Crippen molar-refractivity contribution in [3.05, 3.63) is 0 Å². The first kappa shape index (κ1) is 13.8. The number of nitriles is 1. The van der Waals surface area contributed by atoms with Crippen molar-refractivity contribution in [2.75, 3.05) is 0 Å². The van der Waals surface area contributed by atoms with E-state index in [0.29, 0.717) is 6.42 Å². The molecule has 0 saturated carbocycles. The Bertz CT molecular complexity index is 211. The van der Waals surface area contributed by atoms with Gasteiger partial charge in [0.25, 0.3) is 0 Å². The summed E-state index contributed by atoms with van der Waals surface area (Å²) in [7, 11) is 0. The van der Waals surface area contributed by atoms with Gasteiger partial charge in [-0.05, 0) is 20.3 Å². The molecular formula is C10H20N2OS. The van der Waals surface area contributed by atoms with E-state index in [2.05, 4.69) is 6.07 Å². The van der Waals surface area contributed by atoms with Crippen molar-refractivity contribution in [3.8, 4) is 6.07 Å². The summed E-state index contributed by atoms with van der Waals surface area (Å²) < 4.78 is 0. The van der Waals surface area contributed by atoms with Crippen LogP contribution >= 0.6 is 11.8 Å². The molecule has 0 aromatic carbocycles. The highest BCUT2D eigenvalue weighted by molar-refractivity contribution is 8.00. The van der Waals surface area contributed by atoms with Gasteiger partial charge in [-0.2, -0.15) is 17.0 Å². The molecule has 4 heteroatoms. The SMILES string of the molecule is CC(CC(C)(N)C#N)SC(C)C(C)O. The van der Waals surface area contributed by atoms with Crippen molar-refractivity contribution in [2.24, 2.45) is 5.73 Å². The van der Waals surface area contributed by atoms with Crippen molar-refractivity contribution in [1.82, 2.24) is 0 Å². The lowest BCUT2D eigenvalue weighted by Gasteiger charge is -2.24. The normalized spacial score (nSPS) is 21.8. The van der Waals surface area contributed by atoms with E-state index in [1.807, 2.05) is 13.8 Å². The predicted molar refractivity (Wildman–Crippen MR) is 61.0 cm³/mol. The zero-order valence-corrected chi connectivity index (χ0v) is 10.1. The third-order valence-electron chi connectivity index (χ3n) is 2.09. The van der Waals surface area contributed by atoms with Gasteiger partial charge in [0, 0.05) is 10.5 Å². The highest BCUT2D eigenvalue weighted by atomic mass is 32.2. The Morgan fingerprint density at radius 1 is 1.50 bits per heavy atom. The largest absolute Gasteiger partial charge is 0.392 e. The van der Waals surface area contributed by atoms with E-state index >= 15 is 0 Å². The van der Waals surface area contributed by atoms with Crippen LogP contribution < -0.4 is 5.73 Å². The van der Waals surface area contributed by atoms with Crippen LogP contribution in [0.4, 0.5) is 0 Å². The van der Waals surface area contributed by atoms with Crippen molar-refractivity contribution < 1.29 is 5.11 Å². The zero-order valence-electron chi connectivity index (χ0n) is 9.32. The second kappa shape index (κ2) is 5.59. The summed E-state index contributed by atoms with van der Waals surface area (Å²) in [4.78, 5) is 0. The number of nitrogens with two attached hydrogens (primary N) is 1. The number of nitrogens with zero attached hydrogens (tertiary/aromatic N) is 1. The standard InChI is InChI=1S/C10H20N2OS/c1-7(5-10(4,12)6-11)14-9(3)8(2)13/h7-9,13H,5,12H2,1-4H3. The van der Waals surface area contributed by atoms with Gasteiger partial charge in [-0.15, -0.1) is 0 Å². The molecule has 0 saturated heterocycles. The Morgan fingerprint density at radius 2 is 2.00 bits per heavy atom. The van der Waals surface area contributed by atoms with Crippen molar-refractivity contribution in [3.63, 3.8) is 0 Å². The maximum atomic E-state index is 9.31. The Hall–Kier alpha value is -0.240. The van der Waals surface area contributed by atoms with Crippen LogP contribution in [0.15, 0.2) is 0 Å². The maximum absolute atomic E-state index is 9.31. The first-order valence-electron chi connectivity index (χ1n) is 4.82. The van der Waals surface area contributed by atoms with Gasteiger partial charge in [-0.1, -0.05) is 13.8 Å². The number of hydrogen-bond acceptors (Lipinski definition) is 4. The van der Waals surface area contributed by atoms with Gasteiger partial charge in [0.2, 0.25) is 0 Å². The predicted octanol–water partition coefficient (Wildman–Crippen LogP) is 1.51. The fourth-order valence-corrected chi connectivity index (χ4v) is 2.57. The van der Waals surface area contributed by atoms with Crippen LogP contribution in [-0.4, -0.2) is 27.2 Å². The number of aliphatic hydroxyl groups is 1. The van der Waals surface area contributed by atoms with Gasteiger partial charge >= 0.3 is 0 Å². The topological polar surface area (TPSA) is 70.0 Å². The number of thioether (sulfide) groups is 1. The van der Waals surface area contributed by atoms with Crippen LogP contribution in [0.5, 0.6) is 0 Å². The second-order valence-corrected chi connectivity index (χ2v) is 5.95. The van der Waals surface area contributed by atoms with Gasteiger partial charge in [0.15, 0.2) is 0 Å². The fraction of sp³-hybridized carbons (Fsp3) is 0.900. The summed E-state index contributed by atoms with van der Waals surface area (Å²) in [5, 5.41) is 18.5. The van der Waals surface area contributed by atoms with Crippen LogP contribution in [0.1, 0.15) is 34.1 Å². The molecule has 4 atom stereocenters. The first-order chi connectivity index (χ1) is 6.28. The molecule has 0 fully saturated rings. The molecule has 3 N–H and O–H groups in total. The van der Waals surface area contributed by atoms with E-state index in [1.54, 1.807) is 25.6 Å². The van der Waals surface area contributed by atoms with E-state index < -0.39 is 5.54 Å². The molecule has 0 aliphatic rings. The van der Waals surface area contributed by atoms with E-state index in [-0.39, 0.29) is 16.6 Å². The van der Waals surface area contributed by atoms with Crippen LogP contribution in [0.25, 0.3) is 0 Å². The Morgan fingerprint density at radius 3 is 2.36 bits per heavy atom. The van der Waals surface area contributed by atoms with Gasteiger partial charge in [0.1, 0.15) is 5.54 Å². The molecule has 0 aromatic rings. The second-order valence-electron chi connectivity index (χ2n) is 4.13. The molecule has 0 rings (SSSR count). The lowest BCUT2D eigenvalue weighted by atomic mass is 10.00. The van der Waals surface area contributed by atoms with Crippen molar-refractivity contribution in [2.45, 2.75) is 56.3 Å². The van der Waals surface area contributed by atoms with E-state index in [0.717, 1.165) is 0 Å². The number of rotatable bonds is 5. The average Bonchev–Trinajstić information content (AvgIpc) is 2.02. The lowest BCUT2D eigenvalue weighted by molar-refractivity contribution is 0.196.